The molecule has 0 aliphatic carbocycles. The average molecular weight is 338 g/mol. The molecule has 1 heterocycles. The summed E-state index contributed by atoms with van der Waals surface area (Å²) in [7, 11) is -2.01. The highest BCUT2D eigenvalue weighted by Gasteiger charge is 2.52. The fourth-order valence-electron chi connectivity index (χ4n) is 2.63. The molecule has 1 aliphatic heterocycles. The zero-order valence-corrected chi connectivity index (χ0v) is 16.0. The van der Waals surface area contributed by atoms with Crippen LogP contribution in [-0.4, -0.2) is 31.5 Å². The first kappa shape index (κ1) is 18.1. The monoisotopic (exact) mass is 337 g/mol. The van der Waals surface area contributed by atoms with Gasteiger partial charge >= 0.3 is 0 Å². The van der Waals surface area contributed by atoms with Crippen molar-refractivity contribution in [3.63, 3.8) is 0 Å². The molecule has 1 aromatic carbocycles. The van der Waals surface area contributed by atoms with Gasteiger partial charge in [0.05, 0.1) is 6.10 Å². The highest BCUT2D eigenvalue weighted by molar-refractivity contribution is 6.74. The molecule has 2 rings (SSSR count). The SMILES string of the molecule is C[C@@H](O[Si](C)(C)C(C)(C)C)[C@H]1C(=O)N(Cc2ccccc2)C1F. The third-order valence-electron chi connectivity index (χ3n) is 5.15. The smallest absolute Gasteiger partial charge is 0.235 e. The Labute approximate surface area is 140 Å². The summed E-state index contributed by atoms with van der Waals surface area (Å²) in [5.74, 6) is -0.819. The topological polar surface area (TPSA) is 29.5 Å². The Morgan fingerprint density at radius 2 is 1.83 bits per heavy atom. The number of β-lactam (4-membered cyclic amide) rings is 1. The fraction of sp³-hybridized carbons (Fsp3) is 0.611. The summed E-state index contributed by atoms with van der Waals surface area (Å²) in [5.41, 5.74) is 0.944. The predicted molar refractivity (Wildman–Crippen MR) is 93.1 cm³/mol. The maximum absolute atomic E-state index is 14.5. The first-order chi connectivity index (χ1) is 10.5. The van der Waals surface area contributed by atoms with E-state index in [1.54, 1.807) is 0 Å². The van der Waals surface area contributed by atoms with E-state index in [0.717, 1.165) is 5.56 Å². The number of carbonyl (C=O) groups excluding carboxylic acids is 1. The van der Waals surface area contributed by atoms with Gasteiger partial charge in [0, 0.05) is 6.54 Å². The lowest BCUT2D eigenvalue weighted by Gasteiger charge is -2.47. The van der Waals surface area contributed by atoms with Crippen LogP contribution >= 0.6 is 0 Å². The quantitative estimate of drug-likeness (QED) is 0.454. The number of likely N-dealkylation sites (tertiary alicyclic amines) is 1. The van der Waals surface area contributed by atoms with Crippen LogP contribution < -0.4 is 0 Å². The summed E-state index contributed by atoms with van der Waals surface area (Å²) in [6.07, 6.45) is -1.65. The minimum absolute atomic E-state index is 0.0452. The molecule has 0 bridgehead atoms. The molecule has 0 N–H and O–H groups in total. The van der Waals surface area contributed by atoms with E-state index < -0.39 is 20.5 Å². The van der Waals surface area contributed by atoms with Crippen molar-refractivity contribution in [2.75, 3.05) is 0 Å². The zero-order chi connectivity index (χ0) is 17.4. The van der Waals surface area contributed by atoms with Crippen molar-refractivity contribution in [1.29, 1.82) is 0 Å². The molecule has 1 unspecified atom stereocenters. The van der Waals surface area contributed by atoms with Gasteiger partial charge in [0.15, 0.2) is 14.6 Å². The lowest BCUT2D eigenvalue weighted by atomic mass is 9.91. The van der Waals surface area contributed by atoms with Gasteiger partial charge in [0.2, 0.25) is 5.91 Å². The van der Waals surface area contributed by atoms with Crippen LogP contribution in [0, 0.1) is 5.92 Å². The van der Waals surface area contributed by atoms with Gasteiger partial charge in [-0.3, -0.25) is 4.79 Å². The Bertz CT molecular complexity index is 556. The summed E-state index contributed by atoms with van der Waals surface area (Å²) in [4.78, 5) is 13.7. The molecule has 1 aromatic rings. The molecule has 128 valence electrons. The third-order valence-corrected chi connectivity index (χ3v) is 9.72. The van der Waals surface area contributed by atoms with Crippen LogP contribution in [0.2, 0.25) is 18.1 Å². The highest BCUT2D eigenvalue weighted by Crippen LogP contribution is 2.40. The van der Waals surface area contributed by atoms with Crippen LogP contribution in [0.4, 0.5) is 4.39 Å². The lowest BCUT2D eigenvalue weighted by molar-refractivity contribution is -0.179. The van der Waals surface area contributed by atoms with Crippen molar-refractivity contribution in [1.82, 2.24) is 4.90 Å². The van der Waals surface area contributed by atoms with Crippen LogP contribution in [0.5, 0.6) is 0 Å². The Morgan fingerprint density at radius 3 is 2.30 bits per heavy atom. The Hall–Kier alpha value is -1.20. The zero-order valence-electron chi connectivity index (χ0n) is 15.0. The van der Waals surface area contributed by atoms with Gasteiger partial charge < -0.3 is 9.33 Å². The maximum Gasteiger partial charge on any atom is 0.235 e. The minimum Gasteiger partial charge on any atom is -0.413 e. The van der Waals surface area contributed by atoms with Crippen LogP contribution in [-0.2, 0) is 15.8 Å². The van der Waals surface area contributed by atoms with Gasteiger partial charge in [-0.1, -0.05) is 51.1 Å². The van der Waals surface area contributed by atoms with Crippen molar-refractivity contribution < 1.29 is 13.6 Å². The number of halogens is 1. The molecule has 1 aliphatic rings. The number of rotatable bonds is 5. The molecule has 3 nitrogen and oxygen atoms in total. The second-order valence-corrected chi connectivity index (χ2v) is 12.7. The molecule has 0 radical (unpaired) electrons. The molecular weight excluding hydrogens is 309 g/mol. The number of benzene rings is 1. The van der Waals surface area contributed by atoms with Crippen LogP contribution in [0.15, 0.2) is 30.3 Å². The molecule has 5 heteroatoms. The molecule has 1 fully saturated rings. The second-order valence-electron chi connectivity index (χ2n) is 7.93. The molecule has 0 aromatic heterocycles. The third kappa shape index (κ3) is 3.66. The second kappa shape index (κ2) is 6.36. The van der Waals surface area contributed by atoms with E-state index in [-0.39, 0.29) is 17.0 Å². The van der Waals surface area contributed by atoms with E-state index in [1.807, 2.05) is 37.3 Å². The van der Waals surface area contributed by atoms with Gasteiger partial charge in [-0.2, -0.15) is 0 Å². The Kier molecular flexibility index (Phi) is 5.02. The summed E-state index contributed by atoms with van der Waals surface area (Å²) >= 11 is 0. The molecule has 23 heavy (non-hydrogen) atoms. The lowest BCUT2D eigenvalue weighted by Crippen LogP contribution is -2.63. The molecule has 0 saturated carbocycles. The summed E-state index contributed by atoms with van der Waals surface area (Å²) in [6, 6.07) is 9.51. The molecular formula is C18H28FNO2Si. The number of alkyl halides is 1. The standard InChI is InChI=1S/C18H28FNO2Si/c1-13(22-23(5,6)18(2,3)4)15-16(19)20(17(15)21)12-14-10-8-7-9-11-14/h7-11,13,15-16H,12H2,1-6H3/t13-,15-,16?/m1/s1. The van der Waals surface area contributed by atoms with Crippen molar-refractivity contribution in [2.45, 2.75) is 64.8 Å². The van der Waals surface area contributed by atoms with Crippen molar-refractivity contribution in [2.24, 2.45) is 5.92 Å². The maximum atomic E-state index is 14.5. The molecule has 0 spiro atoms. The van der Waals surface area contributed by atoms with E-state index in [9.17, 15) is 9.18 Å². The summed E-state index contributed by atoms with van der Waals surface area (Å²) in [5, 5.41) is 0.0452. The van der Waals surface area contributed by atoms with Gasteiger partial charge in [0.1, 0.15) is 5.92 Å². The number of amides is 1. The van der Waals surface area contributed by atoms with Crippen LogP contribution in [0.1, 0.15) is 33.3 Å². The molecule has 3 atom stereocenters. The number of hydrogen-bond acceptors (Lipinski definition) is 2. The predicted octanol–water partition coefficient (Wildman–Crippen LogP) is 4.35. The normalized spacial score (nSPS) is 23.6. The van der Waals surface area contributed by atoms with Crippen LogP contribution in [0.25, 0.3) is 0 Å². The van der Waals surface area contributed by atoms with Gasteiger partial charge in [-0.15, -0.1) is 0 Å². The summed E-state index contributed by atoms with van der Waals surface area (Å²) in [6.45, 7) is 12.8. The Balaban J connectivity index is 1.99. The van der Waals surface area contributed by atoms with E-state index >= 15 is 0 Å². The highest BCUT2D eigenvalue weighted by atomic mass is 28.4. The van der Waals surface area contributed by atoms with Crippen molar-refractivity contribution in [3.8, 4) is 0 Å². The van der Waals surface area contributed by atoms with Gasteiger partial charge in [-0.05, 0) is 30.6 Å². The number of hydrogen-bond donors (Lipinski definition) is 0. The summed E-state index contributed by atoms with van der Waals surface area (Å²) < 4.78 is 20.7. The van der Waals surface area contributed by atoms with Crippen molar-refractivity contribution in [3.05, 3.63) is 35.9 Å². The van der Waals surface area contributed by atoms with E-state index in [2.05, 4.69) is 33.9 Å². The average Bonchev–Trinajstić information content (AvgIpc) is 2.44. The Morgan fingerprint density at radius 1 is 1.26 bits per heavy atom. The first-order valence-corrected chi connectivity index (χ1v) is 11.1. The minimum atomic E-state index is -2.01. The van der Waals surface area contributed by atoms with Crippen molar-refractivity contribution >= 4 is 14.2 Å². The van der Waals surface area contributed by atoms with Gasteiger partial charge in [-0.25, -0.2) is 4.39 Å². The molecule has 1 amide bonds. The van der Waals surface area contributed by atoms with E-state index in [0.29, 0.717) is 6.54 Å². The van der Waals surface area contributed by atoms with Gasteiger partial charge in [0.25, 0.3) is 0 Å². The van der Waals surface area contributed by atoms with E-state index in [1.165, 1.54) is 4.90 Å². The first-order valence-electron chi connectivity index (χ1n) is 8.21. The molecule has 1 saturated heterocycles. The fourth-order valence-corrected chi connectivity index (χ4v) is 4.06. The van der Waals surface area contributed by atoms with Crippen LogP contribution in [0.3, 0.4) is 0 Å². The number of nitrogens with zero attached hydrogens (tertiary/aromatic N) is 1. The number of carbonyl (C=O) groups is 1. The van der Waals surface area contributed by atoms with E-state index in [4.69, 9.17) is 4.43 Å². The largest absolute Gasteiger partial charge is 0.413 e.